The van der Waals surface area contributed by atoms with Crippen LogP contribution >= 0.6 is 7.82 Å². The first-order chi connectivity index (χ1) is 25.7. The summed E-state index contributed by atoms with van der Waals surface area (Å²) in [5.41, 5.74) is 5.33. The zero-order valence-electron chi connectivity index (χ0n) is 32.8. The number of esters is 1. The standard InChI is InChI=1S/C42H72NO9P/c1-3-5-7-9-11-13-15-16-17-18-19-20-21-22-23-24-25-26-28-30-32-34-41(44)52-39(37-50-53(47,48)51-38-40(43)42(45)46)36-49-35-33-31-29-27-14-12-10-8-6-4-2/h5,7,11,13,16-17,19-20,22-23,25-26,39-40H,3-4,6,8-10,12,14-15,18,21,24,27-38,43H2,1-2H3,(H,45,46)(H,47,48)/b7-5-,13-11-,17-16-,20-19-,23-22-,26-25-. The van der Waals surface area contributed by atoms with Gasteiger partial charge in [0.05, 0.1) is 19.8 Å². The van der Waals surface area contributed by atoms with Gasteiger partial charge in [-0.05, 0) is 64.2 Å². The van der Waals surface area contributed by atoms with Gasteiger partial charge in [-0.3, -0.25) is 18.6 Å². The van der Waals surface area contributed by atoms with Gasteiger partial charge >= 0.3 is 19.8 Å². The molecule has 11 heteroatoms. The lowest BCUT2D eigenvalue weighted by molar-refractivity contribution is -0.154. The number of allylic oxidation sites excluding steroid dienone is 12. The molecule has 0 radical (unpaired) electrons. The largest absolute Gasteiger partial charge is 0.480 e. The van der Waals surface area contributed by atoms with Crippen molar-refractivity contribution >= 4 is 19.8 Å². The molecule has 4 N–H and O–H groups in total. The van der Waals surface area contributed by atoms with Gasteiger partial charge < -0.3 is 25.2 Å². The van der Waals surface area contributed by atoms with Crippen LogP contribution in [0.5, 0.6) is 0 Å². The van der Waals surface area contributed by atoms with E-state index in [4.69, 9.17) is 24.8 Å². The lowest BCUT2D eigenvalue weighted by Gasteiger charge is -2.20. The number of aliphatic carboxylic acids is 1. The first-order valence-corrected chi connectivity index (χ1v) is 21.5. The molecule has 0 aliphatic rings. The number of carboxylic acids is 1. The second-order valence-electron chi connectivity index (χ2n) is 13.0. The second kappa shape index (κ2) is 37.7. The minimum atomic E-state index is -4.62. The molecule has 0 saturated carbocycles. The Morgan fingerprint density at radius 2 is 1.09 bits per heavy atom. The quantitative estimate of drug-likeness (QED) is 0.0241. The van der Waals surface area contributed by atoms with Gasteiger partial charge in [-0.2, -0.15) is 0 Å². The maximum atomic E-state index is 12.6. The predicted octanol–water partition coefficient (Wildman–Crippen LogP) is 10.6. The summed E-state index contributed by atoms with van der Waals surface area (Å²) in [7, 11) is -4.62. The minimum Gasteiger partial charge on any atom is -0.480 e. The number of phosphoric acid groups is 1. The number of phosphoric ester groups is 1. The van der Waals surface area contributed by atoms with E-state index in [1.165, 1.54) is 44.9 Å². The van der Waals surface area contributed by atoms with Crippen LogP contribution in [0, 0.1) is 0 Å². The van der Waals surface area contributed by atoms with E-state index in [1.807, 2.05) is 0 Å². The second-order valence-corrected chi connectivity index (χ2v) is 14.5. The number of rotatable bonds is 37. The minimum absolute atomic E-state index is 0.00362. The van der Waals surface area contributed by atoms with Gasteiger partial charge in [0.25, 0.3) is 0 Å². The molecule has 0 amide bonds. The number of hydrogen-bond acceptors (Lipinski definition) is 8. The van der Waals surface area contributed by atoms with Crippen molar-refractivity contribution in [2.24, 2.45) is 5.73 Å². The third-order valence-corrected chi connectivity index (χ3v) is 8.95. The molecular formula is C42H72NO9P. The molecule has 3 unspecified atom stereocenters. The van der Waals surface area contributed by atoms with Crippen molar-refractivity contribution in [2.45, 2.75) is 154 Å². The number of carboxylic acid groups (broad SMARTS) is 1. The molecule has 0 aliphatic carbocycles. The highest BCUT2D eigenvalue weighted by Crippen LogP contribution is 2.43. The summed E-state index contributed by atoms with van der Waals surface area (Å²) in [5.74, 6) is -1.83. The Labute approximate surface area is 321 Å². The number of carbonyl (C=O) groups is 2. The zero-order valence-corrected chi connectivity index (χ0v) is 33.7. The molecule has 0 aromatic rings. The fraction of sp³-hybridized carbons (Fsp3) is 0.667. The maximum absolute atomic E-state index is 12.6. The van der Waals surface area contributed by atoms with E-state index < -0.39 is 45.1 Å². The van der Waals surface area contributed by atoms with Crippen molar-refractivity contribution in [3.8, 4) is 0 Å². The molecule has 0 spiro atoms. The number of ether oxygens (including phenoxy) is 2. The highest BCUT2D eigenvalue weighted by atomic mass is 31.2. The average molecular weight is 766 g/mol. The maximum Gasteiger partial charge on any atom is 0.472 e. The predicted molar refractivity (Wildman–Crippen MR) is 217 cm³/mol. The van der Waals surface area contributed by atoms with Crippen molar-refractivity contribution in [1.82, 2.24) is 0 Å². The molecule has 0 aromatic carbocycles. The molecule has 0 saturated heterocycles. The number of carbonyl (C=O) groups excluding carboxylic acids is 1. The van der Waals surface area contributed by atoms with Gasteiger partial charge in [-0.1, -0.05) is 145 Å². The molecule has 0 fully saturated rings. The lowest BCUT2D eigenvalue weighted by Crippen LogP contribution is -2.34. The third-order valence-electron chi connectivity index (χ3n) is 8.00. The fourth-order valence-corrected chi connectivity index (χ4v) is 5.68. The Hall–Kier alpha value is -2.59. The van der Waals surface area contributed by atoms with Crippen molar-refractivity contribution in [2.75, 3.05) is 26.4 Å². The third kappa shape index (κ3) is 37.5. The van der Waals surface area contributed by atoms with Gasteiger partial charge in [0.2, 0.25) is 0 Å². The van der Waals surface area contributed by atoms with Crippen LogP contribution in [-0.4, -0.2) is 60.5 Å². The molecule has 0 aromatic heterocycles. The van der Waals surface area contributed by atoms with E-state index in [2.05, 4.69) is 91.3 Å². The van der Waals surface area contributed by atoms with Crippen LogP contribution < -0.4 is 5.73 Å². The first kappa shape index (κ1) is 50.4. The van der Waals surface area contributed by atoms with Crippen LogP contribution in [0.2, 0.25) is 0 Å². The molecule has 3 atom stereocenters. The first-order valence-electron chi connectivity index (χ1n) is 20.0. The number of nitrogens with two attached hydrogens (primary N) is 1. The normalized spacial score (nSPS) is 14.8. The van der Waals surface area contributed by atoms with Gasteiger partial charge in [-0.15, -0.1) is 0 Å². The highest BCUT2D eigenvalue weighted by molar-refractivity contribution is 7.47. The topological polar surface area (TPSA) is 155 Å². The lowest BCUT2D eigenvalue weighted by atomic mass is 10.1. The van der Waals surface area contributed by atoms with Gasteiger partial charge in [0.1, 0.15) is 12.1 Å². The molecule has 0 bridgehead atoms. The number of unbranched alkanes of at least 4 members (excludes halogenated alkanes) is 11. The van der Waals surface area contributed by atoms with Crippen LogP contribution in [0.25, 0.3) is 0 Å². The van der Waals surface area contributed by atoms with Crippen molar-refractivity contribution < 1.29 is 42.7 Å². The van der Waals surface area contributed by atoms with E-state index in [9.17, 15) is 19.0 Å². The molecule has 0 aliphatic heterocycles. The molecule has 0 rings (SSSR count). The summed E-state index contributed by atoms with van der Waals surface area (Å²) in [6.07, 6.45) is 45.3. The molecular weight excluding hydrogens is 693 g/mol. The highest BCUT2D eigenvalue weighted by Gasteiger charge is 2.27. The Morgan fingerprint density at radius 1 is 0.623 bits per heavy atom. The van der Waals surface area contributed by atoms with E-state index >= 15 is 0 Å². The van der Waals surface area contributed by atoms with Gasteiger partial charge in [0, 0.05) is 13.0 Å². The molecule has 0 heterocycles. The van der Waals surface area contributed by atoms with Crippen LogP contribution in [0.3, 0.4) is 0 Å². The Bertz CT molecular complexity index is 1120. The fourth-order valence-electron chi connectivity index (χ4n) is 4.90. The van der Waals surface area contributed by atoms with Crippen LogP contribution in [0.1, 0.15) is 142 Å². The summed E-state index contributed by atoms with van der Waals surface area (Å²) < 4.78 is 33.2. The van der Waals surface area contributed by atoms with Crippen LogP contribution in [0.15, 0.2) is 72.9 Å². The Morgan fingerprint density at radius 3 is 1.60 bits per heavy atom. The molecule has 10 nitrogen and oxygen atoms in total. The molecule has 304 valence electrons. The zero-order chi connectivity index (χ0) is 39.1. The van der Waals surface area contributed by atoms with Crippen LogP contribution in [-0.2, 0) is 32.7 Å². The summed E-state index contributed by atoms with van der Waals surface area (Å²) >= 11 is 0. The van der Waals surface area contributed by atoms with E-state index in [1.54, 1.807) is 0 Å². The van der Waals surface area contributed by atoms with Gasteiger partial charge in [-0.25, -0.2) is 4.57 Å². The van der Waals surface area contributed by atoms with Crippen molar-refractivity contribution in [3.63, 3.8) is 0 Å². The van der Waals surface area contributed by atoms with E-state index in [-0.39, 0.29) is 13.0 Å². The van der Waals surface area contributed by atoms with Gasteiger partial charge in [0.15, 0.2) is 0 Å². The van der Waals surface area contributed by atoms with Crippen molar-refractivity contribution in [3.05, 3.63) is 72.9 Å². The molecule has 53 heavy (non-hydrogen) atoms. The monoisotopic (exact) mass is 765 g/mol. The Balaban J connectivity index is 4.36. The summed E-state index contributed by atoms with van der Waals surface area (Å²) in [4.78, 5) is 33.4. The van der Waals surface area contributed by atoms with E-state index in [0.717, 1.165) is 70.6 Å². The van der Waals surface area contributed by atoms with E-state index in [0.29, 0.717) is 13.0 Å². The summed E-state index contributed by atoms with van der Waals surface area (Å²) in [5, 5.41) is 8.87. The number of hydrogen-bond donors (Lipinski definition) is 3. The Kier molecular flexibility index (Phi) is 35.9. The summed E-state index contributed by atoms with van der Waals surface area (Å²) in [6, 6.07) is -1.48. The van der Waals surface area contributed by atoms with Crippen LogP contribution in [0.4, 0.5) is 0 Å². The van der Waals surface area contributed by atoms with Crippen molar-refractivity contribution in [1.29, 1.82) is 0 Å². The SMILES string of the molecule is CC/C=C\C/C=C\C/C=C\C/C=C\C/C=C\C/C=C\CCCCC(=O)OC(COCCCCCCCCCCCC)COP(=O)(O)OCC(N)C(=O)O. The summed E-state index contributed by atoms with van der Waals surface area (Å²) in [6.45, 7) is 3.67. The average Bonchev–Trinajstić information content (AvgIpc) is 3.13. The smallest absolute Gasteiger partial charge is 0.472 e.